The van der Waals surface area contributed by atoms with Crippen molar-refractivity contribution < 1.29 is 9.53 Å². The number of likely N-dealkylation sites (tertiary alicyclic amines) is 1. The zero-order valence-electron chi connectivity index (χ0n) is 13.9. The van der Waals surface area contributed by atoms with Gasteiger partial charge in [-0.3, -0.25) is 9.69 Å². The van der Waals surface area contributed by atoms with E-state index in [1.165, 1.54) is 6.42 Å². The highest BCUT2D eigenvalue weighted by Gasteiger charge is 2.29. The molecule has 0 aliphatic carbocycles. The maximum absolute atomic E-state index is 12.2. The van der Waals surface area contributed by atoms with Crippen LogP contribution >= 0.6 is 11.3 Å². The summed E-state index contributed by atoms with van der Waals surface area (Å²) in [5, 5.41) is 6.01. The number of nitrogens with zero attached hydrogens (tertiary/aromatic N) is 2. The first-order chi connectivity index (χ1) is 11.3. The Morgan fingerprint density at radius 1 is 1.43 bits per heavy atom. The van der Waals surface area contributed by atoms with Crippen LogP contribution in [0.3, 0.4) is 0 Å². The smallest absolute Gasteiger partial charge is 0.270 e. The lowest BCUT2D eigenvalue weighted by Gasteiger charge is -2.31. The molecule has 3 heterocycles. The molecule has 1 aromatic heterocycles. The van der Waals surface area contributed by atoms with Gasteiger partial charge in [-0.25, -0.2) is 4.98 Å². The first kappa shape index (κ1) is 16.9. The van der Waals surface area contributed by atoms with Crippen LogP contribution in [0, 0.1) is 5.92 Å². The summed E-state index contributed by atoms with van der Waals surface area (Å²) in [5.74, 6) is 0.545. The second-order valence-corrected chi connectivity index (χ2v) is 7.52. The van der Waals surface area contributed by atoms with Gasteiger partial charge in [0.1, 0.15) is 5.69 Å². The monoisotopic (exact) mass is 337 g/mol. The maximum atomic E-state index is 12.2. The minimum absolute atomic E-state index is 0.0203. The summed E-state index contributed by atoms with van der Waals surface area (Å²) in [6, 6.07) is 0.680. The Morgan fingerprint density at radius 2 is 2.26 bits per heavy atom. The molecular formula is C17H27N3O2S. The molecule has 2 fully saturated rings. The van der Waals surface area contributed by atoms with E-state index >= 15 is 0 Å². The zero-order valence-corrected chi connectivity index (χ0v) is 14.7. The third kappa shape index (κ3) is 4.52. The van der Waals surface area contributed by atoms with Crippen LogP contribution in [0.2, 0.25) is 0 Å². The number of carbonyl (C=O) groups excluding carboxylic acids is 1. The lowest BCUT2D eigenvalue weighted by Crippen LogP contribution is -2.39. The van der Waals surface area contributed by atoms with E-state index in [-0.39, 0.29) is 5.91 Å². The van der Waals surface area contributed by atoms with Crippen molar-refractivity contribution in [1.29, 1.82) is 0 Å². The molecule has 1 N–H and O–H groups in total. The molecule has 1 atom stereocenters. The molecule has 2 saturated heterocycles. The second kappa shape index (κ2) is 8.22. The van der Waals surface area contributed by atoms with E-state index in [1.54, 1.807) is 11.3 Å². The molecule has 23 heavy (non-hydrogen) atoms. The molecule has 2 aliphatic heterocycles. The summed E-state index contributed by atoms with van der Waals surface area (Å²) >= 11 is 1.59. The molecule has 0 aromatic carbocycles. The third-order valence-electron chi connectivity index (χ3n) is 4.82. The number of ether oxygens (including phenoxy) is 1. The van der Waals surface area contributed by atoms with Gasteiger partial charge in [-0.2, -0.15) is 0 Å². The number of hydrogen-bond acceptors (Lipinski definition) is 5. The highest BCUT2D eigenvalue weighted by molar-refractivity contribution is 7.09. The topological polar surface area (TPSA) is 54.5 Å². The number of carbonyl (C=O) groups is 1. The van der Waals surface area contributed by atoms with Gasteiger partial charge in [-0.05, 0) is 44.6 Å². The molecule has 2 aliphatic rings. The van der Waals surface area contributed by atoms with Crippen molar-refractivity contribution in [3.63, 3.8) is 0 Å². The Balaban J connectivity index is 1.42. The van der Waals surface area contributed by atoms with E-state index in [0.717, 1.165) is 63.5 Å². The van der Waals surface area contributed by atoms with Crippen LogP contribution in [-0.4, -0.2) is 54.7 Å². The van der Waals surface area contributed by atoms with Crippen LogP contribution < -0.4 is 5.32 Å². The lowest BCUT2D eigenvalue weighted by atomic mass is 10.1. The van der Waals surface area contributed by atoms with E-state index in [2.05, 4.69) is 22.1 Å². The highest BCUT2D eigenvalue weighted by Crippen LogP contribution is 2.23. The normalized spacial score (nSPS) is 23.3. The van der Waals surface area contributed by atoms with Gasteiger partial charge in [0.2, 0.25) is 0 Å². The predicted octanol–water partition coefficient (Wildman–Crippen LogP) is 2.33. The van der Waals surface area contributed by atoms with Gasteiger partial charge in [0.05, 0.1) is 5.01 Å². The number of rotatable bonds is 6. The van der Waals surface area contributed by atoms with Crippen LogP contribution in [-0.2, 0) is 11.2 Å². The maximum Gasteiger partial charge on any atom is 0.270 e. The molecule has 6 heteroatoms. The summed E-state index contributed by atoms with van der Waals surface area (Å²) in [6.45, 7) is 6.94. The molecule has 5 nitrogen and oxygen atoms in total. The molecule has 1 aromatic rings. The van der Waals surface area contributed by atoms with Gasteiger partial charge in [0, 0.05) is 37.7 Å². The number of aryl methyl sites for hydroxylation is 1. The summed E-state index contributed by atoms with van der Waals surface area (Å²) in [5.41, 5.74) is 0.581. The Hall–Kier alpha value is -0.980. The summed E-state index contributed by atoms with van der Waals surface area (Å²) in [4.78, 5) is 19.2. The summed E-state index contributed by atoms with van der Waals surface area (Å²) in [7, 11) is 0. The summed E-state index contributed by atoms with van der Waals surface area (Å²) in [6.07, 6.45) is 5.51. The average molecular weight is 337 g/mol. The molecule has 128 valence electrons. The number of thiazole rings is 1. The van der Waals surface area contributed by atoms with Crippen LogP contribution in [0.1, 0.15) is 48.1 Å². The van der Waals surface area contributed by atoms with Crippen LogP contribution in [0.25, 0.3) is 0 Å². The van der Waals surface area contributed by atoms with Crippen molar-refractivity contribution >= 4 is 17.2 Å². The average Bonchev–Trinajstić information content (AvgIpc) is 3.23. The third-order valence-corrected chi connectivity index (χ3v) is 5.73. The van der Waals surface area contributed by atoms with Crippen molar-refractivity contribution in [2.24, 2.45) is 5.92 Å². The van der Waals surface area contributed by atoms with Crippen LogP contribution in [0.15, 0.2) is 5.38 Å². The van der Waals surface area contributed by atoms with E-state index in [4.69, 9.17) is 4.74 Å². The Morgan fingerprint density at radius 3 is 3.04 bits per heavy atom. The standard InChI is InChI=1S/C17H27N3O2S/c1-2-3-16-19-15(12-23-16)17(21)18-10-13-4-7-20(11-13)14-5-8-22-9-6-14/h12-14H,2-11H2,1H3,(H,18,21). The van der Waals surface area contributed by atoms with Gasteiger partial charge in [-0.15, -0.1) is 11.3 Å². The number of amides is 1. The van der Waals surface area contributed by atoms with Crippen LogP contribution in [0.4, 0.5) is 0 Å². The van der Waals surface area contributed by atoms with Crippen molar-refractivity contribution in [2.45, 2.75) is 45.1 Å². The van der Waals surface area contributed by atoms with Gasteiger partial charge in [0.25, 0.3) is 5.91 Å². The second-order valence-electron chi connectivity index (χ2n) is 6.58. The first-order valence-electron chi connectivity index (χ1n) is 8.80. The predicted molar refractivity (Wildman–Crippen MR) is 92.0 cm³/mol. The van der Waals surface area contributed by atoms with E-state index in [0.29, 0.717) is 17.7 Å². The fourth-order valence-electron chi connectivity index (χ4n) is 3.48. The Labute approximate surface area is 142 Å². The zero-order chi connectivity index (χ0) is 16.1. The molecule has 1 amide bonds. The highest BCUT2D eigenvalue weighted by atomic mass is 32.1. The van der Waals surface area contributed by atoms with E-state index in [9.17, 15) is 4.79 Å². The molecule has 0 bridgehead atoms. The lowest BCUT2D eigenvalue weighted by molar-refractivity contribution is 0.0411. The largest absolute Gasteiger partial charge is 0.381 e. The molecule has 0 spiro atoms. The van der Waals surface area contributed by atoms with Crippen LogP contribution in [0.5, 0.6) is 0 Å². The van der Waals surface area contributed by atoms with Crippen molar-refractivity contribution in [3.05, 3.63) is 16.1 Å². The minimum Gasteiger partial charge on any atom is -0.381 e. The number of nitrogens with one attached hydrogen (secondary N) is 1. The SMILES string of the molecule is CCCc1nc(C(=O)NCC2CCN(C3CCOCC3)C2)cs1. The molecule has 3 rings (SSSR count). The van der Waals surface area contributed by atoms with E-state index < -0.39 is 0 Å². The quantitative estimate of drug-likeness (QED) is 0.866. The van der Waals surface area contributed by atoms with Crippen molar-refractivity contribution in [1.82, 2.24) is 15.2 Å². The Bertz CT molecular complexity index is 514. The minimum atomic E-state index is -0.0203. The molecular weight excluding hydrogens is 310 g/mol. The van der Waals surface area contributed by atoms with E-state index in [1.807, 2.05) is 5.38 Å². The van der Waals surface area contributed by atoms with Gasteiger partial charge in [-0.1, -0.05) is 6.92 Å². The Kier molecular flexibility index (Phi) is 6.02. The summed E-state index contributed by atoms with van der Waals surface area (Å²) < 4.78 is 5.44. The fourth-order valence-corrected chi connectivity index (χ4v) is 4.36. The van der Waals surface area contributed by atoms with Crippen molar-refractivity contribution in [2.75, 3.05) is 32.8 Å². The number of aromatic nitrogens is 1. The molecule has 0 saturated carbocycles. The van der Waals surface area contributed by atoms with Gasteiger partial charge in [0.15, 0.2) is 0 Å². The van der Waals surface area contributed by atoms with Gasteiger partial charge < -0.3 is 10.1 Å². The molecule has 0 radical (unpaired) electrons. The number of hydrogen-bond donors (Lipinski definition) is 1. The molecule has 1 unspecified atom stereocenters. The van der Waals surface area contributed by atoms with Gasteiger partial charge >= 0.3 is 0 Å². The first-order valence-corrected chi connectivity index (χ1v) is 9.68. The fraction of sp³-hybridized carbons (Fsp3) is 0.765. The van der Waals surface area contributed by atoms with Crippen molar-refractivity contribution in [3.8, 4) is 0 Å².